The maximum Gasteiger partial charge on any atom is 0.296 e. The van der Waals surface area contributed by atoms with Gasteiger partial charge < -0.3 is 0 Å². The number of anilines is 1. The van der Waals surface area contributed by atoms with Crippen molar-refractivity contribution in [3.63, 3.8) is 0 Å². The lowest BCUT2D eigenvalue weighted by molar-refractivity contribution is 0.0996. The monoisotopic (exact) mass is 384 g/mol. The molecule has 5 rings (SSSR count). The summed E-state index contributed by atoms with van der Waals surface area (Å²) in [4.78, 5) is 32.7. The minimum atomic E-state index is -0.268. The van der Waals surface area contributed by atoms with E-state index in [1.165, 1.54) is 4.52 Å². The van der Waals surface area contributed by atoms with Crippen molar-refractivity contribution in [2.45, 2.75) is 27.3 Å². The number of nitrogens with one attached hydrogen (secondary N) is 1. The van der Waals surface area contributed by atoms with Crippen LogP contribution in [0.15, 0.2) is 53.3 Å². The maximum atomic E-state index is 13.4. The van der Waals surface area contributed by atoms with Crippen LogP contribution in [0.5, 0.6) is 0 Å². The van der Waals surface area contributed by atoms with E-state index in [1.807, 2.05) is 62.4 Å². The summed E-state index contributed by atoms with van der Waals surface area (Å²) < 4.78 is 1.45. The molecule has 1 aliphatic heterocycles. The molecule has 0 radical (unpaired) electrons. The van der Waals surface area contributed by atoms with E-state index in [4.69, 9.17) is 4.98 Å². The molecule has 2 aromatic heterocycles. The first-order valence-electron chi connectivity index (χ1n) is 9.54. The lowest BCUT2D eigenvalue weighted by Crippen LogP contribution is -2.32. The van der Waals surface area contributed by atoms with Crippen LogP contribution in [0.4, 0.5) is 5.69 Å². The fourth-order valence-corrected chi connectivity index (χ4v) is 4.14. The Morgan fingerprint density at radius 3 is 2.52 bits per heavy atom. The first-order valence-corrected chi connectivity index (χ1v) is 9.54. The summed E-state index contributed by atoms with van der Waals surface area (Å²) in [5, 5.41) is 3.13. The fraction of sp³-hybridized carbons (Fsp3) is 0.174. The Bertz CT molecular complexity index is 1350. The number of carbonyl (C=O) groups excluding carboxylic acids is 1. The van der Waals surface area contributed by atoms with E-state index in [-0.39, 0.29) is 11.5 Å². The zero-order chi connectivity index (χ0) is 20.3. The van der Waals surface area contributed by atoms with Crippen molar-refractivity contribution in [1.29, 1.82) is 0 Å². The molecule has 0 saturated carbocycles. The lowest BCUT2D eigenvalue weighted by Gasteiger charge is -2.17. The zero-order valence-corrected chi connectivity index (χ0v) is 16.5. The number of hydrogen-bond acceptors (Lipinski definition) is 3. The van der Waals surface area contributed by atoms with E-state index in [9.17, 15) is 9.59 Å². The molecule has 0 aliphatic carbocycles. The van der Waals surface area contributed by atoms with Crippen LogP contribution < -0.4 is 10.5 Å². The Kier molecular flexibility index (Phi) is 3.71. The molecule has 2 aromatic carbocycles. The molecule has 6 nitrogen and oxygen atoms in total. The summed E-state index contributed by atoms with van der Waals surface area (Å²) in [6, 6.07) is 15.7. The summed E-state index contributed by atoms with van der Waals surface area (Å²) in [5.41, 5.74) is 6.50. The molecule has 0 fully saturated rings. The van der Waals surface area contributed by atoms with Crippen molar-refractivity contribution in [2.24, 2.45) is 0 Å². The van der Waals surface area contributed by atoms with Gasteiger partial charge in [-0.1, -0.05) is 48.0 Å². The van der Waals surface area contributed by atoms with Gasteiger partial charge in [-0.05, 0) is 38.0 Å². The van der Waals surface area contributed by atoms with Crippen LogP contribution in [0.3, 0.4) is 0 Å². The van der Waals surface area contributed by atoms with Crippen molar-refractivity contribution in [3.8, 4) is 11.1 Å². The highest BCUT2D eigenvalue weighted by Crippen LogP contribution is 2.31. The summed E-state index contributed by atoms with van der Waals surface area (Å²) in [6.45, 7) is 6.04. The highest BCUT2D eigenvalue weighted by Gasteiger charge is 2.32. The molecule has 29 heavy (non-hydrogen) atoms. The molecule has 1 N–H and O–H groups in total. The number of aromatic nitrogens is 3. The van der Waals surface area contributed by atoms with E-state index < -0.39 is 0 Å². The van der Waals surface area contributed by atoms with Crippen molar-refractivity contribution < 1.29 is 4.79 Å². The van der Waals surface area contributed by atoms with Gasteiger partial charge in [0.15, 0.2) is 5.65 Å². The normalized spacial score (nSPS) is 13.3. The lowest BCUT2D eigenvalue weighted by atomic mass is 10.1. The van der Waals surface area contributed by atoms with Gasteiger partial charge in [0, 0.05) is 16.8 Å². The molecule has 0 bridgehead atoms. The molecule has 0 atom stereocenters. The first-order chi connectivity index (χ1) is 14.0. The van der Waals surface area contributed by atoms with Gasteiger partial charge in [-0.2, -0.15) is 4.52 Å². The van der Waals surface area contributed by atoms with Crippen LogP contribution >= 0.6 is 0 Å². The average Bonchev–Trinajstić information content (AvgIpc) is 3.20. The van der Waals surface area contributed by atoms with Gasteiger partial charge >= 0.3 is 0 Å². The third-order valence-corrected chi connectivity index (χ3v) is 5.51. The van der Waals surface area contributed by atoms with Gasteiger partial charge in [0.05, 0.1) is 12.2 Å². The largest absolute Gasteiger partial charge is 0.297 e. The molecule has 144 valence electrons. The summed E-state index contributed by atoms with van der Waals surface area (Å²) in [6.07, 6.45) is 0. The van der Waals surface area contributed by atoms with Crippen LogP contribution in [-0.4, -0.2) is 20.5 Å². The number of nitrogens with zero attached hydrogens (tertiary/aromatic N) is 3. The molecule has 0 unspecified atom stereocenters. The Balaban J connectivity index is 1.70. The average molecular weight is 384 g/mol. The smallest absolute Gasteiger partial charge is 0.296 e. The number of aryl methyl sites for hydroxylation is 3. The number of H-pyrrole nitrogens is 1. The number of rotatable bonds is 2. The SMILES string of the molecule is Cc1ccc2c(c1)C(=O)N(c1c(C)nc3c(-c4ccccc4)c(C)[nH]n3c1=O)C2. The Hall–Kier alpha value is -3.67. The Labute approximate surface area is 167 Å². The summed E-state index contributed by atoms with van der Waals surface area (Å²) in [5.74, 6) is -0.155. The fourth-order valence-electron chi connectivity index (χ4n) is 4.14. The second-order valence-electron chi connectivity index (χ2n) is 7.54. The second kappa shape index (κ2) is 6.17. The van der Waals surface area contributed by atoms with Gasteiger partial charge in [0.2, 0.25) is 0 Å². The molecule has 0 spiro atoms. The minimum absolute atomic E-state index is 0.155. The highest BCUT2D eigenvalue weighted by atomic mass is 16.2. The summed E-state index contributed by atoms with van der Waals surface area (Å²) in [7, 11) is 0. The molecule has 1 aliphatic rings. The number of fused-ring (bicyclic) bond motifs is 2. The number of hydrogen-bond donors (Lipinski definition) is 1. The number of benzene rings is 2. The number of aromatic amines is 1. The van der Waals surface area contributed by atoms with Crippen LogP contribution in [0, 0.1) is 20.8 Å². The van der Waals surface area contributed by atoms with Gasteiger partial charge in [-0.25, -0.2) is 4.98 Å². The van der Waals surface area contributed by atoms with E-state index in [1.54, 1.807) is 11.8 Å². The Morgan fingerprint density at radius 2 is 1.76 bits per heavy atom. The van der Waals surface area contributed by atoms with Crippen LogP contribution in [0.25, 0.3) is 16.8 Å². The van der Waals surface area contributed by atoms with Gasteiger partial charge in [-0.15, -0.1) is 0 Å². The van der Waals surface area contributed by atoms with Gasteiger partial charge in [0.25, 0.3) is 11.5 Å². The van der Waals surface area contributed by atoms with E-state index in [0.29, 0.717) is 29.1 Å². The Morgan fingerprint density at radius 1 is 1.00 bits per heavy atom. The van der Waals surface area contributed by atoms with Crippen LogP contribution in [0.2, 0.25) is 0 Å². The standard InChI is InChI=1S/C23H20N4O2/c1-13-9-10-17-12-26(22(28)18(17)11-13)20-15(3)24-21-19(16-7-5-4-6-8-16)14(2)25-27(21)23(20)29/h4-11,25H,12H2,1-3H3. The molecule has 4 aromatic rings. The molecule has 1 amide bonds. The molecular weight excluding hydrogens is 364 g/mol. The predicted octanol–water partition coefficient (Wildman–Crippen LogP) is 3.78. The maximum absolute atomic E-state index is 13.4. The van der Waals surface area contributed by atoms with Gasteiger partial charge in [-0.3, -0.25) is 19.6 Å². The molecule has 3 heterocycles. The minimum Gasteiger partial charge on any atom is -0.297 e. The van der Waals surface area contributed by atoms with E-state index in [0.717, 1.165) is 27.9 Å². The van der Waals surface area contributed by atoms with Crippen molar-refractivity contribution in [1.82, 2.24) is 14.6 Å². The van der Waals surface area contributed by atoms with Crippen molar-refractivity contribution in [3.05, 3.63) is 87.0 Å². The predicted molar refractivity (Wildman–Crippen MR) is 112 cm³/mol. The van der Waals surface area contributed by atoms with Crippen molar-refractivity contribution in [2.75, 3.05) is 4.90 Å². The zero-order valence-electron chi connectivity index (χ0n) is 16.5. The molecule has 6 heteroatoms. The third-order valence-electron chi connectivity index (χ3n) is 5.51. The van der Waals surface area contributed by atoms with Crippen LogP contribution in [-0.2, 0) is 6.54 Å². The first kappa shape index (κ1) is 17.4. The number of carbonyl (C=O) groups is 1. The van der Waals surface area contributed by atoms with E-state index in [2.05, 4.69) is 5.10 Å². The van der Waals surface area contributed by atoms with Crippen LogP contribution in [0.1, 0.15) is 32.9 Å². The summed E-state index contributed by atoms with van der Waals surface area (Å²) >= 11 is 0. The molecular formula is C23H20N4O2. The van der Waals surface area contributed by atoms with Gasteiger partial charge in [0.1, 0.15) is 5.69 Å². The van der Waals surface area contributed by atoms with E-state index >= 15 is 0 Å². The number of amides is 1. The topological polar surface area (TPSA) is 70.5 Å². The second-order valence-corrected chi connectivity index (χ2v) is 7.54. The van der Waals surface area contributed by atoms with Crippen molar-refractivity contribution >= 4 is 17.2 Å². The third kappa shape index (κ3) is 2.52. The molecule has 0 saturated heterocycles. The highest BCUT2D eigenvalue weighted by molar-refractivity contribution is 6.10. The quantitative estimate of drug-likeness (QED) is 0.572.